The first-order valence-electron chi connectivity index (χ1n) is 6.18. The van der Waals surface area contributed by atoms with Crippen LogP contribution in [0.4, 0.5) is 0 Å². The number of nitrogens with one attached hydrogen (secondary N) is 1. The Balaban J connectivity index is 2.74. The maximum absolute atomic E-state index is 12.0. The van der Waals surface area contributed by atoms with Gasteiger partial charge in [-0.15, -0.1) is 0 Å². The molecule has 1 aromatic rings. The van der Waals surface area contributed by atoms with E-state index in [2.05, 4.69) is 5.32 Å². The highest BCUT2D eigenvalue weighted by molar-refractivity contribution is 6.31. The Bertz CT molecular complexity index is 428. The number of amides is 1. The van der Waals surface area contributed by atoms with E-state index in [-0.39, 0.29) is 12.5 Å². The van der Waals surface area contributed by atoms with Crippen molar-refractivity contribution < 1.29 is 9.90 Å². The third-order valence-electron chi connectivity index (χ3n) is 3.34. The second kappa shape index (κ2) is 6.21. The van der Waals surface area contributed by atoms with E-state index in [1.54, 1.807) is 12.1 Å². The summed E-state index contributed by atoms with van der Waals surface area (Å²) in [6.07, 6.45) is 1.22. The molecule has 0 aromatic heterocycles. The van der Waals surface area contributed by atoms with Crippen LogP contribution in [0.5, 0.6) is 0 Å². The summed E-state index contributed by atoms with van der Waals surface area (Å²) in [6.45, 7) is 5.92. The predicted octanol–water partition coefficient (Wildman–Crippen LogP) is 2.93. The number of halogens is 1. The minimum absolute atomic E-state index is 0.199. The van der Waals surface area contributed by atoms with Gasteiger partial charge in [-0.2, -0.15) is 0 Å². The second-order valence-electron chi connectivity index (χ2n) is 4.57. The van der Waals surface area contributed by atoms with Crippen LogP contribution in [0.15, 0.2) is 18.2 Å². The van der Waals surface area contributed by atoms with Crippen LogP contribution in [0, 0.1) is 6.92 Å². The molecule has 0 aliphatic rings. The lowest BCUT2D eigenvalue weighted by atomic mass is 9.97. The van der Waals surface area contributed by atoms with Gasteiger partial charge in [0.2, 0.25) is 0 Å². The van der Waals surface area contributed by atoms with E-state index >= 15 is 0 Å². The summed E-state index contributed by atoms with van der Waals surface area (Å²) in [5.74, 6) is -0.199. The molecule has 18 heavy (non-hydrogen) atoms. The summed E-state index contributed by atoms with van der Waals surface area (Å²) < 4.78 is 0. The molecule has 0 heterocycles. The van der Waals surface area contributed by atoms with Gasteiger partial charge in [-0.3, -0.25) is 4.79 Å². The smallest absolute Gasteiger partial charge is 0.251 e. The second-order valence-corrected chi connectivity index (χ2v) is 5.01. The van der Waals surface area contributed by atoms with Crippen LogP contribution in [0.1, 0.15) is 42.6 Å². The van der Waals surface area contributed by atoms with Crippen molar-refractivity contribution in [3.8, 4) is 0 Å². The average molecular weight is 270 g/mol. The first kappa shape index (κ1) is 15.0. The lowest BCUT2D eigenvalue weighted by Gasteiger charge is -2.25. The fourth-order valence-corrected chi connectivity index (χ4v) is 1.85. The quantitative estimate of drug-likeness (QED) is 0.863. The summed E-state index contributed by atoms with van der Waals surface area (Å²) in [7, 11) is 0. The molecule has 0 saturated carbocycles. The number of hydrogen-bond donors (Lipinski definition) is 2. The number of benzene rings is 1. The summed E-state index contributed by atoms with van der Waals surface area (Å²) in [6, 6.07) is 5.20. The molecule has 0 aliphatic heterocycles. The Morgan fingerprint density at radius 2 is 2.00 bits per heavy atom. The fourth-order valence-electron chi connectivity index (χ4n) is 1.68. The van der Waals surface area contributed by atoms with Gasteiger partial charge in [0.25, 0.3) is 5.91 Å². The SMILES string of the molecule is CCC(O)(CC)CNC(=O)c1cc(Cl)ccc1C. The van der Waals surface area contributed by atoms with E-state index in [9.17, 15) is 9.90 Å². The Kier molecular flexibility index (Phi) is 5.17. The van der Waals surface area contributed by atoms with Gasteiger partial charge in [0.15, 0.2) is 0 Å². The van der Waals surface area contributed by atoms with Crippen molar-refractivity contribution in [3.63, 3.8) is 0 Å². The molecule has 0 radical (unpaired) electrons. The molecule has 1 aromatic carbocycles. The topological polar surface area (TPSA) is 49.3 Å². The molecule has 1 amide bonds. The van der Waals surface area contributed by atoms with Crippen LogP contribution in [-0.2, 0) is 0 Å². The van der Waals surface area contributed by atoms with Gasteiger partial charge in [-0.1, -0.05) is 31.5 Å². The number of aliphatic hydroxyl groups is 1. The number of aryl methyl sites for hydroxylation is 1. The molecule has 0 spiro atoms. The maximum Gasteiger partial charge on any atom is 0.251 e. The van der Waals surface area contributed by atoms with Gasteiger partial charge >= 0.3 is 0 Å². The minimum Gasteiger partial charge on any atom is -0.388 e. The van der Waals surface area contributed by atoms with Gasteiger partial charge < -0.3 is 10.4 Å². The van der Waals surface area contributed by atoms with Crippen molar-refractivity contribution in [2.45, 2.75) is 39.2 Å². The fraction of sp³-hybridized carbons (Fsp3) is 0.500. The van der Waals surface area contributed by atoms with Crippen LogP contribution in [-0.4, -0.2) is 23.2 Å². The summed E-state index contributed by atoms with van der Waals surface area (Å²) >= 11 is 5.88. The highest BCUT2D eigenvalue weighted by Crippen LogP contribution is 2.17. The number of rotatable bonds is 5. The van der Waals surface area contributed by atoms with E-state index in [4.69, 9.17) is 11.6 Å². The predicted molar refractivity (Wildman–Crippen MR) is 74.1 cm³/mol. The zero-order valence-electron chi connectivity index (χ0n) is 11.1. The molecule has 0 fully saturated rings. The highest BCUT2D eigenvalue weighted by Gasteiger charge is 2.23. The molecule has 100 valence electrons. The summed E-state index contributed by atoms with van der Waals surface area (Å²) in [5.41, 5.74) is 0.591. The molecule has 2 N–H and O–H groups in total. The third-order valence-corrected chi connectivity index (χ3v) is 3.57. The first-order chi connectivity index (χ1) is 8.41. The first-order valence-corrected chi connectivity index (χ1v) is 6.56. The zero-order chi connectivity index (χ0) is 13.8. The molecular weight excluding hydrogens is 250 g/mol. The van der Waals surface area contributed by atoms with Crippen LogP contribution >= 0.6 is 11.6 Å². The molecule has 4 heteroatoms. The van der Waals surface area contributed by atoms with Crippen molar-refractivity contribution in [3.05, 3.63) is 34.3 Å². The Morgan fingerprint density at radius 1 is 1.39 bits per heavy atom. The summed E-state index contributed by atoms with van der Waals surface area (Å²) in [4.78, 5) is 12.0. The average Bonchev–Trinajstić information content (AvgIpc) is 2.38. The van der Waals surface area contributed by atoms with Crippen molar-refractivity contribution >= 4 is 17.5 Å². The largest absolute Gasteiger partial charge is 0.388 e. The van der Waals surface area contributed by atoms with Crippen LogP contribution in [0.25, 0.3) is 0 Å². The standard InChI is InChI=1S/C14H20ClNO2/c1-4-14(18,5-2)9-16-13(17)12-8-11(15)7-6-10(12)3/h6-8,18H,4-5,9H2,1-3H3,(H,16,17). The minimum atomic E-state index is -0.831. The lowest BCUT2D eigenvalue weighted by Crippen LogP contribution is -2.42. The normalized spacial score (nSPS) is 11.4. The van der Waals surface area contributed by atoms with Gasteiger partial charge in [0.05, 0.1) is 5.60 Å². The summed E-state index contributed by atoms with van der Waals surface area (Å²) in [5, 5.41) is 13.4. The van der Waals surface area contributed by atoms with E-state index in [0.717, 1.165) is 5.56 Å². The molecular formula is C14H20ClNO2. The Hall–Kier alpha value is -1.06. The number of hydrogen-bond acceptors (Lipinski definition) is 2. The number of carbonyl (C=O) groups excluding carboxylic acids is 1. The van der Waals surface area contributed by atoms with Gasteiger partial charge in [-0.05, 0) is 37.5 Å². The maximum atomic E-state index is 12.0. The van der Waals surface area contributed by atoms with Crippen LogP contribution in [0.3, 0.4) is 0 Å². The molecule has 0 atom stereocenters. The Labute approximate surface area is 113 Å². The van der Waals surface area contributed by atoms with Gasteiger partial charge in [0.1, 0.15) is 0 Å². The van der Waals surface area contributed by atoms with Crippen molar-refractivity contribution in [1.82, 2.24) is 5.32 Å². The van der Waals surface area contributed by atoms with Gasteiger partial charge in [0, 0.05) is 17.1 Å². The molecule has 1 rings (SSSR count). The number of carbonyl (C=O) groups is 1. The molecule has 0 bridgehead atoms. The molecule has 0 saturated heterocycles. The van der Waals surface area contributed by atoms with Crippen molar-refractivity contribution in [2.75, 3.05) is 6.54 Å². The van der Waals surface area contributed by atoms with Crippen molar-refractivity contribution in [2.24, 2.45) is 0 Å². The molecule has 0 unspecified atom stereocenters. The van der Waals surface area contributed by atoms with Crippen molar-refractivity contribution in [1.29, 1.82) is 0 Å². The highest BCUT2D eigenvalue weighted by atomic mass is 35.5. The third kappa shape index (κ3) is 3.72. The van der Waals surface area contributed by atoms with E-state index in [1.165, 1.54) is 0 Å². The van der Waals surface area contributed by atoms with Crippen LogP contribution in [0.2, 0.25) is 5.02 Å². The zero-order valence-corrected chi connectivity index (χ0v) is 11.8. The van der Waals surface area contributed by atoms with E-state index < -0.39 is 5.60 Å². The van der Waals surface area contributed by atoms with E-state index in [1.807, 2.05) is 26.8 Å². The lowest BCUT2D eigenvalue weighted by molar-refractivity contribution is 0.0314. The van der Waals surface area contributed by atoms with Gasteiger partial charge in [-0.25, -0.2) is 0 Å². The molecule has 0 aliphatic carbocycles. The molecule has 3 nitrogen and oxygen atoms in total. The Morgan fingerprint density at radius 3 is 2.56 bits per heavy atom. The van der Waals surface area contributed by atoms with Crippen LogP contribution < -0.4 is 5.32 Å². The monoisotopic (exact) mass is 269 g/mol. The van der Waals surface area contributed by atoms with E-state index in [0.29, 0.717) is 23.4 Å².